The second-order valence-corrected chi connectivity index (χ2v) is 7.79. The van der Waals surface area contributed by atoms with Crippen LogP contribution in [0.5, 0.6) is 0 Å². The van der Waals surface area contributed by atoms with Gasteiger partial charge in [-0.2, -0.15) is 0 Å². The van der Waals surface area contributed by atoms with E-state index in [-0.39, 0.29) is 5.75 Å². The van der Waals surface area contributed by atoms with Crippen molar-refractivity contribution < 1.29 is 12.9 Å². The first-order valence-corrected chi connectivity index (χ1v) is 8.40. The molecule has 3 rings (SSSR count). The Bertz CT molecular complexity index is 739. The molecule has 0 bridgehead atoms. The molecule has 4 nitrogen and oxygen atoms in total. The van der Waals surface area contributed by atoms with Gasteiger partial charge in [0.15, 0.2) is 5.76 Å². The summed E-state index contributed by atoms with van der Waals surface area (Å²) in [5.41, 5.74) is 3.26. The zero-order chi connectivity index (χ0) is 12.9. The summed E-state index contributed by atoms with van der Waals surface area (Å²) in [6.07, 6.45) is 0.628. The second-order valence-electron chi connectivity index (χ2n) is 4.10. The fourth-order valence-corrected chi connectivity index (χ4v) is 3.34. The first kappa shape index (κ1) is 12.2. The third-order valence-corrected chi connectivity index (χ3v) is 4.30. The highest BCUT2D eigenvalue weighted by molar-refractivity contribution is 9.10. The van der Waals surface area contributed by atoms with E-state index in [1.807, 2.05) is 18.2 Å². The predicted molar refractivity (Wildman–Crippen MR) is 70.9 cm³/mol. The molecule has 7 heteroatoms. The van der Waals surface area contributed by atoms with Crippen LogP contribution in [-0.2, 0) is 21.2 Å². The SMILES string of the molecule is O=S(=O)(Cl)Cc1noc2c1Cc1ccc(Br)cc1-2. The van der Waals surface area contributed by atoms with Gasteiger partial charge in [0.2, 0.25) is 9.05 Å². The summed E-state index contributed by atoms with van der Waals surface area (Å²) in [5, 5.41) is 3.80. The molecule has 0 fully saturated rings. The molecule has 0 amide bonds. The van der Waals surface area contributed by atoms with Crippen molar-refractivity contribution in [2.45, 2.75) is 12.2 Å². The summed E-state index contributed by atoms with van der Waals surface area (Å²) < 4.78 is 28.4. The highest BCUT2D eigenvalue weighted by Gasteiger charge is 2.28. The van der Waals surface area contributed by atoms with Gasteiger partial charge in [-0.25, -0.2) is 8.42 Å². The standard InChI is InChI=1S/C11H7BrClNO3S/c12-7-2-1-6-3-9-10(5-18(13,15)16)14-17-11(9)8(6)4-7/h1-2,4H,3,5H2. The molecule has 0 atom stereocenters. The molecule has 18 heavy (non-hydrogen) atoms. The molecule has 0 saturated heterocycles. The highest BCUT2D eigenvalue weighted by Crippen LogP contribution is 2.40. The Kier molecular flexibility index (Phi) is 2.76. The van der Waals surface area contributed by atoms with Gasteiger partial charge in [-0.3, -0.25) is 0 Å². The van der Waals surface area contributed by atoms with Crippen LogP contribution in [0, 0.1) is 0 Å². The Morgan fingerprint density at radius 2 is 2.22 bits per heavy atom. The van der Waals surface area contributed by atoms with E-state index in [0.717, 1.165) is 21.2 Å². The molecule has 1 aliphatic carbocycles. The number of rotatable bonds is 2. The van der Waals surface area contributed by atoms with Crippen molar-refractivity contribution in [1.82, 2.24) is 5.16 Å². The minimum atomic E-state index is -3.62. The Labute approximate surface area is 116 Å². The second kappa shape index (κ2) is 4.08. The van der Waals surface area contributed by atoms with Gasteiger partial charge < -0.3 is 4.52 Å². The van der Waals surface area contributed by atoms with E-state index in [9.17, 15) is 8.42 Å². The highest BCUT2D eigenvalue weighted by atomic mass is 79.9. The van der Waals surface area contributed by atoms with Crippen LogP contribution in [0.4, 0.5) is 0 Å². The van der Waals surface area contributed by atoms with Gasteiger partial charge in [0.05, 0.1) is 0 Å². The van der Waals surface area contributed by atoms with E-state index in [1.165, 1.54) is 0 Å². The minimum Gasteiger partial charge on any atom is -0.356 e. The van der Waals surface area contributed by atoms with E-state index in [0.29, 0.717) is 17.9 Å². The number of halogens is 2. The minimum absolute atomic E-state index is 0.303. The third kappa shape index (κ3) is 2.08. The van der Waals surface area contributed by atoms with Crippen molar-refractivity contribution in [3.8, 4) is 11.3 Å². The summed E-state index contributed by atoms with van der Waals surface area (Å²) in [5.74, 6) is 0.337. The molecule has 0 radical (unpaired) electrons. The lowest BCUT2D eigenvalue weighted by atomic mass is 10.1. The lowest BCUT2D eigenvalue weighted by molar-refractivity contribution is 0.426. The molecule has 1 aliphatic rings. The van der Waals surface area contributed by atoms with Crippen LogP contribution in [0.15, 0.2) is 27.2 Å². The number of fused-ring (bicyclic) bond motifs is 3. The van der Waals surface area contributed by atoms with Gasteiger partial charge in [0.1, 0.15) is 11.4 Å². The van der Waals surface area contributed by atoms with Gasteiger partial charge in [0.25, 0.3) is 0 Å². The van der Waals surface area contributed by atoms with Gasteiger partial charge in [-0.15, -0.1) is 0 Å². The topological polar surface area (TPSA) is 60.2 Å². The molecule has 0 unspecified atom stereocenters. The van der Waals surface area contributed by atoms with Crippen LogP contribution in [0.25, 0.3) is 11.3 Å². The molecular weight excluding hydrogens is 342 g/mol. The lowest BCUT2D eigenvalue weighted by Crippen LogP contribution is -1.98. The molecule has 0 saturated carbocycles. The predicted octanol–water partition coefficient (Wildman–Crippen LogP) is 3.08. The first-order chi connectivity index (χ1) is 8.44. The van der Waals surface area contributed by atoms with E-state index < -0.39 is 9.05 Å². The smallest absolute Gasteiger partial charge is 0.238 e. The Balaban J connectivity index is 2.09. The zero-order valence-electron chi connectivity index (χ0n) is 8.98. The van der Waals surface area contributed by atoms with Gasteiger partial charge in [-0.05, 0) is 17.7 Å². The van der Waals surface area contributed by atoms with Crippen molar-refractivity contribution >= 4 is 35.7 Å². The normalized spacial score (nSPS) is 13.4. The van der Waals surface area contributed by atoms with Crippen molar-refractivity contribution in [3.05, 3.63) is 39.5 Å². The number of hydrogen-bond donors (Lipinski definition) is 0. The van der Waals surface area contributed by atoms with Crippen molar-refractivity contribution in [3.63, 3.8) is 0 Å². The summed E-state index contributed by atoms with van der Waals surface area (Å²) in [6.45, 7) is 0. The summed E-state index contributed by atoms with van der Waals surface area (Å²) in [4.78, 5) is 0. The molecule has 1 aromatic carbocycles. The van der Waals surface area contributed by atoms with Gasteiger partial charge in [0, 0.05) is 32.7 Å². The number of aromatic nitrogens is 1. The van der Waals surface area contributed by atoms with Crippen molar-refractivity contribution in [2.24, 2.45) is 0 Å². The van der Waals surface area contributed by atoms with Crippen LogP contribution >= 0.6 is 26.6 Å². The van der Waals surface area contributed by atoms with E-state index in [1.54, 1.807) is 0 Å². The number of benzene rings is 1. The van der Waals surface area contributed by atoms with Crippen LogP contribution in [0.3, 0.4) is 0 Å². The van der Waals surface area contributed by atoms with Crippen LogP contribution in [0.2, 0.25) is 0 Å². The summed E-state index contributed by atoms with van der Waals surface area (Å²) >= 11 is 3.39. The van der Waals surface area contributed by atoms with Crippen LogP contribution < -0.4 is 0 Å². The molecule has 2 aromatic rings. The molecule has 0 spiro atoms. The van der Waals surface area contributed by atoms with Gasteiger partial charge in [-0.1, -0.05) is 27.2 Å². The van der Waals surface area contributed by atoms with E-state index in [4.69, 9.17) is 15.2 Å². The number of nitrogens with zero attached hydrogens (tertiary/aromatic N) is 1. The average Bonchev–Trinajstić information content (AvgIpc) is 2.77. The summed E-state index contributed by atoms with van der Waals surface area (Å²) in [7, 11) is 1.62. The Morgan fingerprint density at radius 3 is 2.94 bits per heavy atom. The maximum absolute atomic E-state index is 11.1. The Morgan fingerprint density at radius 1 is 1.44 bits per heavy atom. The van der Waals surface area contributed by atoms with Crippen LogP contribution in [0.1, 0.15) is 16.8 Å². The summed E-state index contributed by atoms with van der Waals surface area (Å²) in [6, 6.07) is 5.86. The third-order valence-electron chi connectivity index (χ3n) is 2.86. The number of hydrogen-bond acceptors (Lipinski definition) is 4. The zero-order valence-corrected chi connectivity index (χ0v) is 12.1. The monoisotopic (exact) mass is 347 g/mol. The largest absolute Gasteiger partial charge is 0.356 e. The molecule has 94 valence electrons. The maximum atomic E-state index is 11.1. The van der Waals surface area contributed by atoms with Crippen molar-refractivity contribution in [1.29, 1.82) is 0 Å². The lowest BCUT2D eigenvalue weighted by Gasteiger charge is -1.98. The molecule has 1 heterocycles. The van der Waals surface area contributed by atoms with Crippen LogP contribution in [-0.4, -0.2) is 13.6 Å². The van der Waals surface area contributed by atoms with E-state index >= 15 is 0 Å². The maximum Gasteiger partial charge on any atom is 0.238 e. The molecule has 1 aromatic heterocycles. The van der Waals surface area contributed by atoms with Gasteiger partial charge >= 0.3 is 0 Å². The molecule has 0 aliphatic heterocycles. The fraction of sp³-hybridized carbons (Fsp3) is 0.182. The van der Waals surface area contributed by atoms with E-state index in [2.05, 4.69) is 21.1 Å². The molecular formula is C11H7BrClNO3S. The first-order valence-electron chi connectivity index (χ1n) is 5.12. The average molecular weight is 349 g/mol. The molecule has 0 N–H and O–H groups in total. The van der Waals surface area contributed by atoms with Crippen molar-refractivity contribution in [2.75, 3.05) is 0 Å². The quantitative estimate of drug-likeness (QED) is 0.668. The fourth-order valence-electron chi connectivity index (χ4n) is 2.12. The Hall–Kier alpha value is -0.850.